The number of hydrogen-bond acceptors (Lipinski definition) is 3. The lowest BCUT2D eigenvalue weighted by molar-refractivity contribution is -0.123. The fourth-order valence-corrected chi connectivity index (χ4v) is 1.67. The van der Waals surface area contributed by atoms with Crippen molar-refractivity contribution < 1.29 is 14.3 Å². The van der Waals surface area contributed by atoms with Crippen molar-refractivity contribution in [3.63, 3.8) is 0 Å². The summed E-state index contributed by atoms with van der Waals surface area (Å²) in [5.41, 5.74) is 0.493. The first-order chi connectivity index (χ1) is 9.40. The molecule has 1 rings (SSSR count). The smallest absolute Gasteiger partial charge is 0.236 e. The Kier molecular flexibility index (Phi) is 6.61. The van der Waals surface area contributed by atoms with Crippen LogP contribution in [0.5, 0.6) is 0 Å². The number of benzene rings is 1. The molecule has 1 aromatic carbocycles. The monoisotopic (exact) mass is 282 g/mol. The van der Waals surface area contributed by atoms with Crippen LogP contribution >= 0.6 is 0 Å². The van der Waals surface area contributed by atoms with Gasteiger partial charge in [-0.2, -0.15) is 0 Å². The third-order valence-electron chi connectivity index (χ3n) is 2.93. The van der Waals surface area contributed by atoms with Crippen LogP contribution in [0.1, 0.15) is 32.4 Å². The van der Waals surface area contributed by atoms with Gasteiger partial charge in [-0.1, -0.05) is 26.0 Å². The van der Waals surface area contributed by atoms with Gasteiger partial charge < -0.3 is 15.7 Å². The second-order valence-corrected chi connectivity index (χ2v) is 5.34. The van der Waals surface area contributed by atoms with E-state index < -0.39 is 12.1 Å². The fourth-order valence-electron chi connectivity index (χ4n) is 1.67. The summed E-state index contributed by atoms with van der Waals surface area (Å²) in [4.78, 5) is 11.7. The second-order valence-electron chi connectivity index (χ2n) is 5.34. The summed E-state index contributed by atoms with van der Waals surface area (Å²) in [5, 5.41) is 15.7. The molecule has 20 heavy (non-hydrogen) atoms. The third kappa shape index (κ3) is 5.67. The van der Waals surface area contributed by atoms with Crippen molar-refractivity contribution in [1.29, 1.82) is 0 Å². The van der Waals surface area contributed by atoms with E-state index in [9.17, 15) is 14.3 Å². The second kappa shape index (κ2) is 7.97. The molecule has 0 aromatic heterocycles. The van der Waals surface area contributed by atoms with E-state index in [-0.39, 0.29) is 18.3 Å². The van der Waals surface area contributed by atoms with E-state index in [0.717, 1.165) is 0 Å². The van der Waals surface area contributed by atoms with E-state index in [1.54, 1.807) is 19.1 Å². The van der Waals surface area contributed by atoms with Gasteiger partial charge in [-0.15, -0.1) is 0 Å². The van der Waals surface area contributed by atoms with Gasteiger partial charge in [0, 0.05) is 13.1 Å². The van der Waals surface area contributed by atoms with Gasteiger partial charge in [0.25, 0.3) is 0 Å². The van der Waals surface area contributed by atoms with Crippen LogP contribution in [0, 0.1) is 11.7 Å². The van der Waals surface area contributed by atoms with E-state index in [0.29, 0.717) is 18.0 Å². The predicted molar refractivity (Wildman–Crippen MR) is 76.7 cm³/mol. The summed E-state index contributed by atoms with van der Waals surface area (Å²) in [6.07, 6.45) is -0.842. The summed E-state index contributed by atoms with van der Waals surface area (Å²) in [5.74, 6) is -0.0987. The average molecular weight is 282 g/mol. The van der Waals surface area contributed by atoms with Crippen molar-refractivity contribution in [2.45, 2.75) is 32.9 Å². The number of carbonyl (C=O) groups is 1. The van der Waals surface area contributed by atoms with Gasteiger partial charge in [0.15, 0.2) is 0 Å². The van der Waals surface area contributed by atoms with Crippen LogP contribution in [0.3, 0.4) is 0 Å². The maximum atomic E-state index is 13.0. The SMILES string of the molecule is CC(C)CNC(=O)C(C)NCC(O)c1cccc(F)c1. The topological polar surface area (TPSA) is 61.4 Å². The van der Waals surface area contributed by atoms with Gasteiger partial charge in [-0.05, 0) is 30.5 Å². The molecule has 0 fully saturated rings. The Morgan fingerprint density at radius 2 is 2.00 bits per heavy atom. The Morgan fingerprint density at radius 1 is 1.30 bits per heavy atom. The molecule has 0 aliphatic rings. The minimum atomic E-state index is -0.842. The van der Waals surface area contributed by atoms with Crippen molar-refractivity contribution in [2.75, 3.05) is 13.1 Å². The number of amides is 1. The Hall–Kier alpha value is -1.46. The molecular weight excluding hydrogens is 259 g/mol. The number of halogens is 1. The van der Waals surface area contributed by atoms with Crippen LogP contribution in [0.2, 0.25) is 0 Å². The maximum absolute atomic E-state index is 13.0. The molecule has 2 unspecified atom stereocenters. The van der Waals surface area contributed by atoms with Gasteiger partial charge in [0.05, 0.1) is 12.1 Å². The van der Waals surface area contributed by atoms with E-state index in [1.165, 1.54) is 12.1 Å². The number of aliphatic hydroxyl groups is 1. The first-order valence-corrected chi connectivity index (χ1v) is 6.84. The highest BCUT2D eigenvalue weighted by molar-refractivity contribution is 5.81. The number of rotatable bonds is 7. The number of carbonyl (C=O) groups excluding carboxylic acids is 1. The predicted octanol–water partition coefficient (Wildman–Crippen LogP) is 1.61. The fraction of sp³-hybridized carbons (Fsp3) is 0.533. The van der Waals surface area contributed by atoms with E-state index >= 15 is 0 Å². The summed E-state index contributed by atoms with van der Waals surface area (Å²) >= 11 is 0. The van der Waals surface area contributed by atoms with Gasteiger partial charge >= 0.3 is 0 Å². The van der Waals surface area contributed by atoms with Crippen molar-refractivity contribution in [3.05, 3.63) is 35.6 Å². The van der Waals surface area contributed by atoms with E-state index in [4.69, 9.17) is 0 Å². The number of aliphatic hydroxyl groups excluding tert-OH is 1. The van der Waals surface area contributed by atoms with Crippen molar-refractivity contribution in [2.24, 2.45) is 5.92 Å². The first-order valence-electron chi connectivity index (χ1n) is 6.84. The summed E-state index contributed by atoms with van der Waals surface area (Å²) < 4.78 is 13.0. The molecule has 5 heteroatoms. The molecule has 0 spiro atoms. The molecular formula is C15H23FN2O2. The minimum absolute atomic E-state index is 0.106. The molecule has 0 aliphatic heterocycles. The lowest BCUT2D eigenvalue weighted by Crippen LogP contribution is -2.44. The normalized spacial score (nSPS) is 14.1. The van der Waals surface area contributed by atoms with Gasteiger partial charge in [0.1, 0.15) is 5.82 Å². The van der Waals surface area contributed by atoms with E-state index in [2.05, 4.69) is 10.6 Å². The van der Waals surface area contributed by atoms with Crippen molar-refractivity contribution in [3.8, 4) is 0 Å². The van der Waals surface area contributed by atoms with Gasteiger partial charge in [-0.3, -0.25) is 4.79 Å². The van der Waals surface area contributed by atoms with Crippen LogP contribution in [-0.4, -0.2) is 30.1 Å². The lowest BCUT2D eigenvalue weighted by Gasteiger charge is -2.18. The number of nitrogens with one attached hydrogen (secondary N) is 2. The number of hydrogen-bond donors (Lipinski definition) is 3. The van der Waals surface area contributed by atoms with Gasteiger partial charge in [0.2, 0.25) is 5.91 Å². The van der Waals surface area contributed by atoms with Crippen molar-refractivity contribution >= 4 is 5.91 Å². The summed E-state index contributed by atoms with van der Waals surface area (Å²) in [6, 6.07) is 5.41. The summed E-state index contributed by atoms with van der Waals surface area (Å²) in [7, 11) is 0. The van der Waals surface area contributed by atoms with E-state index in [1.807, 2.05) is 13.8 Å². The minimum Gasteiger partial charge on any atom is -0.387 e. The van der Waals surface area contributed by atoms with Crippen LogP contribution in [-0.2, 0) is 4.79 Å². The lowest BCUT2D eigenvalue weighted by atomic mass is 10.1. The molecule has 112 valence electrons. The largest absolute Gasteiger partial charge is 0.387 e. The molecule has 1 aromatic rings. The molecule has 4 nitrogen and oxygen atoms in total. The van der Waals surface area contributed by atoms with Crippen molar-refractivity contribution in [1.82, 2.24) is 10.6 Å². The zero-order chi connectivity index (χ0) is 15.1. The Morgan fingerprint density at radius 3 is 2.60 bits per heavy atom. The zero-order valence-electron chi connectivity index (χ0n) is 12.2. The molecule has 0 radical (unpaired) electrons. The highest BCUT2D eigenvalue weighted by atomic mass is 19.1. The first kappa shape index (κ1) is 16.6. The highest BCUT2D eigenvalue weighted by Gasteiger charge is 2.15. The van der Waals surface area contributed by atoms with Crippen LogP contribution in [0.15, 0.2) is 24.3 Å². The molecule has 0 bridgehead atoms. The van der Waals surface area contributed by atoms with Crippen LogP contribution in [0.25, 0.3) is 0 Å². The maximum Gasteiger partial charge on any atom is 0.236 e. The third-order valence-corrected chi connectivity index (χ3v) is 2.93. The highest BCUT2D eigenvalue weighted by Crippen LogP contribution is 2.13. The molecule has 2 atom stereocenters. The van der Waals surface area contributed by atoms with Gasteiger partial charge in [-0.25, -0.2) is 4.39 Å². The zero-order valence-corrected chi connectivity index (χ0v) is 12.2. The quantitative estimate of drug-likeness (QED) is 0.712. The Labute approximate surface area is 119 Å². The summed E-state index contributed by atoms with van der Waals surface area (Å²) in [6.45, 7) is 6.59. The molecule has 3 N–H and O–H groups in total. The standard InChI is InChI=1S/C15H23FN2O2/c1-10(2)8-18-15(20)11(3)17-9-14(19)12-5-4-6-13(16)7-12/h4-7,10-11,14,17,19H,8-9H2,1-3H3,(H,18,20). The molecule has 0 heterocycles. The Balaban J connectivity index is 2.40. The Bertz CT molecular complexity index is 438. The molecule has 1 amide bonds. The molecule has 0 saturated heterocycles. The molecule has 0 aliphatic carbocycles. The van der Waals surface area contributed by atoms with Crippen LogP contribution in [0.4, 0.5) is 4.39 Å². The average Bonchev–Trinajstić information content (AvgIpc) is 2.41. The molecule has 0 saturated carbocycles. The van der Waals surface area contributed by atoms with Crippen LogP contribution < -0.4 is 10.6 Å².